The lowest BCUT2D eigenvalue weighted by Gasteiger charge is -2.10. The van der Waals surface area contributed by atoms with Crippen LogP contribution in [0, 0.1) is 6.92 Å². The van der Waals surface area contributed by atoms with Gasteiger partial charge in [-0.05, 0) is 30.7 Å². The maximum Gasteiger partial charge on any atom is 0.411 e. The molecule has 0 spiro atoms. The summed E-state index contributed by atoms with van der Waals surface area (Å²) in [5.74, 6) is -1.03. The van der Waals surface area contributed by atoms with Crippen LogP contribution in [0.2, 0.25) is 0 Å². The van der Waals surface area contributed by atoms with Crippen LogP contribution in [0.5, 0.6) is 0 Å². The number of amides is 1. The standard InChI is InChI=1S/C19H17N3O4/c1-13-17(18(23)24)11-20-22(13)16-9-5-8-15(10-16)21-19(25)26-12-14-6-3-2-4-7-14/h2-11H,12H2,1H3,(H,21,25)(H,23,24). The highest BCUT2D eigenvalue weighted by Crippen LogP contribution is 2.18. The number of aromatic nitrogens is 2. The molecule has 0 saturated carbocycles. The number of hydrogen-bond donors (Lipinski definition) is 2. The topological polar surface area (TPSA) is 93.5 Å². The molecule has 0 radical (unpaired) electrons. The SMILES string of the molecule is Cc1c(C(=O)O)cnn1-c1cccc(NC(=O)OCc2ccccc2)c1. The van der Waals surface area contributed by atoms with Gasteiger partial charge in [0.2, 0.25) is 0 Å². The van der Waals surface area contributed by atoms with Gasteiger partial charge in [0.1, 0.15) is 12.2 Å². The molecule has 1 amide bonds. The molecule has 26 heavy (non-hydrogen) atoms. The number of nitrogens with one attached hydrogen (secondary N) is 1. The van der Waals surface area contributed by atoms with E-state index in [0.29, 0.717) is 17.1 Å². The van der Waals surface area contributed by atoms with Crippen molar-refractivity contribution in [3.05, 3.63) is 77.6 Å². The number of anilines is 1. The average molecular weight is 351 g/mol. The number of carboxylic acids is 1. The first-order valence-electron chi connectivity index (χ1n) is 7.90. The van der Waals surface area contributed by atoms with E-state index in [1.807, 2.05) is 30.3 Å². The summed E-state index contributed by atoms with van der Waals surface area (Å²) < 4.78 is 6.69. The molecule has 7 heteroatoms. The number of benzene rings is 2. The van der Waals surface area contributed by atoms with Gasteiger partial charge in [-0.2, -0.15) is 5.10 Å². The number of carbonyl (C=O) groups excluding carboxylic acids is 1. The van der Waals surface area contributed by atoms with E-state index in [2.05, 4.69) is 10.4 Å². The van der Waals surface area contributed by atoms with Crippen LogP contribution in [0.1, 0.15) is 21.6 Å². The van der Waals surface area contributed by atoms with Gasteiger partial charge in [0.25, 0.3) is 0 Å². The zero-order valence-electron chi connectivity index (χ0n) is 14.0. The van der Waals surface area contributed by atoms with Crippen LogP contribution in [0.3, 0.4) is 0 Å². The van der Waals surface area contributed by atoms with Crippen molar-refractivity contribution in [2.45, 2.75) is 13.5 Å². The van der Waals surface area contributed by atoms with E-state index >= 15 is 0 Å². The largest absolute Gasteiger partial charge is 0.478 e. The van der Waals surface area contributed by atoms with Crippen molar-refractivity contribution in [1.82, 2.24) is 9.78 Å². The first-order valence-corrected chi connectivity index (χ1v) is 7.90. The van der Waals surface area contributed by atoms with Crippen molar-refractivity contribution in [2.24, 2.45) is 0 Å². The molecule has 0 atom stereocenters. The molecule has 7 nitrogen and oxygen atoms in total. The van der Waals surface area contributed by atoms with Gasteiger partial charge in [0.05, 0.1) is 17.6 Å². The van der Waals surface area contributed by atoms with Gasteiger partial charge >= 0.3 is 12.1 Å². The Labute approximate surface area is 149 Å². The lowest BCUT2D eigenvalue weighted by molar-refractivity contribution is 0.0696. The summed E-state index contributed by atoms with van der Waals surface area (Å²) in [7, 11) is 0. The lowest BCUT2D eigenvalue weighted by Crippen LogP contribution is -2.13. The second-order valence-electron chi connectivity index (χ2n) is 5.60. The fourth-order valence-corrected chi connectivity index (χ4v) is 2.47. The van der Waals surface area contributed by atoms with E-state index in [-0.39, 0.29) is 12.2 Å². The van der Waals surface area contributed by atoms with Crippen LogP contribution in [0.25, 0.3) is 5.69 Å². The molecule has 0 aliphatic rings. The maximum atomic E-state index is 12.0. The van der Waals surface area contributed by atoms with Crippen molar-refractivity contribution in [2.75, 3.05) is 5.32 Å². The normalized spacial score (nSPS) is 10.3. The van der Waals surface area contributed by atoms with Crippen LogP contribution in [0.15, 0.2) is 60.8 Å². The molecule has 0 bridgehead atoms. The summed E-state index contributed by atoms with van der Waals surface area (Å²) in [6.45, 7) is 1.84. The Balaban J connectivity index is 1.69. The minimum absolute atomic E-state index is 0.130. The first kappa shape index (κ1) is 17.2. The molecule has 0 saturated heterocycles. The Kier molecular flexibility index (Phi) is 4.98. The lowest BCUT2D eigenvalue weighted by atomic mass is 10.2. The third-order valence-electron chi connectivity index (χ3n) is 3.79. The number of hydrogen-bond acceptors (Lipinski definition) is 4. The van der Waals surface area contributed by atoms with Crippen molar-refractivity contribution in [3.63, 3.8) is 0 Å². The molecule has 0 aliphatic heterocycles. The van der Waals surface area contributed by atoms with Crippen molar-refractivity contribution < 1.29 is 19.4 Å². The zero-order valence-corrected chi connectivity index (χ0v) is 14.0. The second kappa shape index (κ2) is 7.52. The van der Waals surface area contributed by atoms with Gasteiger partial charge in [0, 0.05) is 5.69 Å². The number of aromatic carboxylic acids is 1. The molecule has 1 aromatic heterocycles. The molecule has 0 unspecified atom stereocenters. The summed E-state index contributed by atoms with van der Waals surface area (Å²) in [5.41, 5.74) is 2.68. The van der Waals surface area contributed by atoms with Crippen LogP contribution < -0.4 is 5.32 Å². The molecular weight excluding hydrogens is 334 g/mol. The second-order valence-corrected chi connectivity index (χ2v) is 5.60. The molecule has 1 heterocycles. The highest BCUT2D eigenvalue weighted by Gasteiger charge is 2.14. The molecule has 3 rings (SSSR count). The van der Waals surface area contributed by atoms with Gasteiger partial charge < -0.3 is 9.84 Å². The summed E-state index contributed by atoms with van der Waals surface area (Å²) >= 11 is 0. The summed E-state index contributed by atoms with van der Waals surface area (Å²) in [5, 5.41) is 15.9. The predicted octanol–water partition coefficient (Wildman–Crippen LogP) is 3.63. The van der Waals surface area contributed by atoms with Gasteiger partial charge in [0.15, 0.2) is 0 Å². The predicted molar refractivity (Wildman–Crippen MR) is 95.5 cm³/mol. The molecule has 3 aromatic rings. The quantitative estimate of drug-likeness (QED) is 0.732. The number of rotatable bonds is 5. The number of carbonyl (C=O) groups is 2. The molecule has 0 fully saturated rings. The van der Waals surface area contributed by atoms with E-state index in [1.54, 1.807) is 31.2 Å². The average Bonchev–Trinajstić information content (AvgIpc) is 3.03. The Hall–Kier alpha value is -3.61. The zero-order chi connectivity index (χ0) is 18.5. The smallest absolute Gasteiger partial charge is 0.411 e. The monoisotopic (exact) mass is 351 g/mol. The van der Waals surface area contributed by atoms with Gasteiger partial charge in [-0.25, -0.2) is 14.3 Å². The van der Waals surface area contributed by atoms with Crippen LogP contribution >= 0.6 is 0 Å². The Morgan fingerprint density at radius 2 is 1.92 bits per heavy atom. The number of nitrogens with zero attached hydrogens (tertiary/aromatic N) is 2. The molecule has 132 valence electrons. The van der Waals surface area contributed by atoms with E-state index in [1.165, 1.54) is 10.9 Å². The first-order chi connectivity index (χ1) is 12.5. The van der Waals surface area contributed by atoms with Crippen LogP contribution in [-0.2, 0) is 11.3 Å². The van der Waals surface area contributed by atoms with Crippen LogP contribution in [-0.4, -0.2) is 26.9 Å². The van der Waals surface area contributed by atoms with E-state index < -0.39 is 12.1 Å². The summed E-state index contributed by atoms with van der Waals surface area (Å²) in [4.78, 5) is 23.1. The fraction of sp³-hybridized carbons (Fsp3) is 0.105. The summed E-state index contributed by atoms with van der Waals surface area (Å²) in [6, 6.07) is 16.3. The van der Waals surface area contributed by atoms with E-state index in [4.69, 9.17) is 9.84 Å². The fourth-order valence-electron chi connectivity index (χ4n) is 2.47. The highest BCUT2D eigenvalue weighted by atomic mass is 16.5. The van der Waals surface area contributed by atoms with E-state index in [0.717, 1.165) is 5.56 Å². The third kappa shape index (κ3) is 3.89. The third-order valence-corrected chi connectivity index (χ3v) is 3.79. The Morgan fingerprint density at radius 3 is 2.62 bits per heavy atom. The van der Waals surface area contributed by atoms with Gasteiger partial charge in [-0.1, -0.05) is 36.4 Å². The van der Waals surface area contributed by atoms with Crippen molar-refractivity contribution in [1.29, 1.82) is 0 Å². The van der Waals surface area contributed by atoms with Gasteiger partial charge in [-0.15, -0.1) is 0 Å². The van der Waals surface area contributed by atoms with Gasteiger partial charge in [-0.3, -0.25) is 5.32 Å². The van der Waals surface area contributed by atoms with E-state index in [9.17, 15) is 9.59 Å². The highest BCUT2D eigenvalue weighted by molar-refractivity contribution is 5.89. The van der Waals surface area contributed by atoms with Crippen LogP contribution in [0.4, 0.5) is 10.5 Å². The minimum Gasteiger partial charge on any atom is -0.478 e. The molecule has 2 N–H and O–H groups in total. The number of carboxylic acid groups (broad SMARTS) is 1. The van der Waals surface area contributed by atoms with Crippen molar-refractivity contribution in [3.8, 4) is 5.69 Å². The molecular formula is C19H17N3O4. The minimum atomic E-state index is -1.03. The Morgan fingerprint density at radius 1 is 1.15 bits per heavy atom. The molecule has 2 aromatic carbocycles. The number of ether oxygens (including phenoxy) is 1. The van der Waals surface area contributed by atoms with Crippen molar-refractivity contribution >= 4 is 17.7 Å². The molecule has 0 aliphatic carbocycles. The summed E-state index contributed by atoms with van der Waals surface area (Å²) in [6.07, 6.45) is 0.723. The Bertz CT molecular complexity index is 935. The maximum absolute atomic E-state index is 12.0.